The molecule has 0 N–H and O–H groups in total. The molecule has 0 atom stereocenters. The first kappa shape index (κ1) is 11.7. The van der Waals surface area contributed by atoms with Gasteiger partial charge in [0.15, 0.2) is 0 Å². The Bertz CT molecular complexity index is 614. The van der Waals surface area contributed by atoms with Gasteiger partial charge in [-0.1, -0.05) is 23.0 Å². The summed E-state index contributed by atoms with van der Waals surface area (Å²) in [5.41, 5.74) is -5.16. The fourth-order valence-electron chi connectivity index (χ4n) is 1.12. The standard InChI is InChI=1S/C8H5F3N2O3S/c9-8(10,11)17(14,15)16-13-5-6-3-1-2-4-7(6)12-13/h1-5H. The van der Waals surface area contributed by atoms with Crippen LogP contribution in [0.4, 0.5) is 13.2 Å². The van der Waals surface area contributed by atoms with E-state index in [4.69, 9.17) is 0 Å². The van der Waals surface area contributed by atoms with Crippen LogP contribution in [0.5, 0.6) is 0 Å². The largest absolute Gasteiger partial charge is 0.536 e. The van der Waals surface area contributed by atoms with Crippen molar-refractivity contribution in [2.45, 2.75) is 5.51 Å². The van der Waals surface area contributed by atoms with Gasteiger partial charge in [0.1, 0.15) is 0 Å². The molecule has 0 spiro atoms. The summed E-state index contributed by atoms with van der Waals surface area (Å²) in [6, 6.07) is 6.31. The minimum absolute atomic E-state index is 0.271. The van der Waals surface area contributed by atoms with Gasteiger partial charge in [-0.2, -0.15) is 21.6 Å². The number of fused-ring (bicyclic) bond motifs is 1. The zero-order valence-corrected chi connectivity index (χ0v) is 8.86. The molecule has 1 heterocycles. The summed E-state index contributed by atoms with van der Waals surface area (Å²) >= 11 is 0. The molecule has 0 amide bonds. The van der Waals surface area contributed by atoms with Crippen molar-refractivity contribution in [3.05, 3.63) is 30.5 Å². The lowest BCUT2D eigenvalue weighted by Gasteiger charge is -2.07. The third-order valence-electron chi connectivity index (χ3n) is 1.85. The molecule has 2 aromatic rings. The predicted molar refractivity (Wildman–Crippen MR) is 51.3 cm³/mol. The van der Waals surface area contributed by atoms with E-state index >= 15 is 0 Å². The van der Waals surface area contributed by atoms with Crippen LogP contribution in [-0.4, -0.2) is 23.9 Å². The molecular weight excluding hydrogens is 261 g/mol. The van der Waals surface area contributed by atoms with E-state index in [0.717, 1.165) is 6.20 Å². The normalized spacial score (nSPS) is 12.9. The highest BCUT2D eigenvalue weighted by molar-refractivity contribution is 7.87. The van der Waals surface area contributed by atoms with Crippen molar-refractivity contribution in [2.24, 2.45) is 0 Å². The number of hydrogen-bond acceptors (Lipinski definition) is 4. The Kier molecular flexibility index (Phi) is 2.49. The van der Waals surface area contributed by atoms with E-state index in [2.05, 4.69) is 9.38 Å². The molecule has 0 saturated heterocycles. The summed E-state index contributed by atoms with van der Waals surface area (Å²) in [6.07, 6.45) is 1.04. The van der Waals surface area contributed by atoms with Gasteiger partial charge < -0.3 is 0 Å². The van der Waals surface area contributed by atoms with Gasteiger partial charge in [-0.25, -0.2) is 0 Å². The number of aromatic nitrogens is 2. The van der Waals surface area contributed by atoms with Crippen molar-refractivity contribution in [3.8, 4) is 0 Å². The maximum atomic E-state index is 12.0. The summed E-state index contributed by atoms with van der Waals surface area (Å²) in [7, 11) is -5.70. The molecular formula is C8H5F3N2O3S. The van der Waals surface area contributed by atoms with Gasteiger partial charge in [0.25, 0.3) is 0 Å². The summed E-state index contributed by atoms with van der Waals surface area (Å²) in [6.45, 7) is 0. The molecule has 9 heteroatoms. The van der Waals surface area contributed by atoms with E-state index in [1.54, 1.807) is 18.2 Å². The van der Waals surface area contributed by atoms with Gasteiger partial charge in [0.2, 0.25) is 0 Å². The van der Waals surface area contributed by atoms with Crippen LogP contribution in [0.25, 0.3) is 10.9 Å². The maximum Gasteiger partial charge on any atom is 0.536 e. The number of rotatable bonds is 2. The first-order valence-electron chi connectivity index (χ1n) is 4.25. The highest BCUT2D eigenvalue weighted by atomic mass is 32.2. The zero-order valence-electron chi connectivity index (χ0n) is 8.05. The molecule has 5 nitrogen and oxygen atoms in total. The van der Waals surface area contributed by atoms with Crippen LogP contribution in [0.15, 0.2) is 30.5 Å². The van der Waals surface area contributed by atoms with Gasteiger partial charge in [-0.3, -0.25) is 4.28 Å². The van der Waals surface area contributed by atoms with Crippen molar-refractivity contribution >= 4 is 21.0 Å². The molecule has 92 valence electrons. The Labute approximate surface area is 93.5 Å². The molecule has 1 aromatic carbocycles. The van der Waals surface area contributed by atoms with E-state index in [1.165, 1.54) is 6.07 Å². The van der Waals surface area contributed by atoms with Crippen molar-refractivity contribution in [1.82, 2.24) is 9.94 Å². The van der Waals surface area contributed by atoms with E-state index in [1.807, 2.05) is 0 Å². The van der Waals surface area contributed by atoms with Crippen molar-refractivity contribution in [3.63, 3.8) is 0 Å². The van der Waals surface area contributed by atoms with E-state index < -0.39 is 15.6 Å². The second-order valence-corrected chi connectivity index (χ2v) is 4.59. The third kappa shape index (κ3) is 2.18. The average Bonchev–Trinajstić information content (AvgIpc) is 2.56. The smallest absolute Gasteiger partial charge is 0.263 e. The van der Waals surface area contributed by atoms with Crippen LogP contribution in [0, 0.1) is 0 Å². The Morgan fingerprint density at radius 1 is 1.24 bits per heavy atom. The predicted octanol–water partition coefficient (Wildman–Crippen LogP) is 1.31. The number of nitrogens with zero attached hydrogens (tertiary/aromatic N) is 2. The van der Waals surface area contributed by atoms with Crippen molar-refractivity contribution in [1.29, 1.82) is 0 Å². The van der Waals surface area contributed by atoms with E-state index in [9.17, 15) is 21.6 Å². The fraction of sp³-hybridized carbons (Fsp3) is 0.125. The van der Waals surface area contributed by atoms with Crippen LogP contribution in [-0.2, 0) is 10.1 Å². The second kappa shape index (κ2) is 3.62. The monoisotopic (exact) mass is 266 g/mol. The molecule has 17 heavy (non-hydrogen) atoms. The van der Waals surface area contributed by atoms with Crippen molar-refractivity contribution < 1.29 is 25.9 Å². The first-order valence-corrected chi connectivity index (χ1v) is 5.66. The van der Waals surface area contributed by atoms with Gasteiger partial charge in [-0.15, -0.1) is 5.10 Å². The fourth-order valence-corrected chi connectivity index (χ4v) is 1.48. The molecule has 0 fully saturated rings. The number of alkyl halides is 3. The van der Waals surface area contributed by atoms with Gasteiger partial charge in [0.05, 0.1) is 11.7 Å². The summed E-state index contributed by atoms with van der Waals surface area (Å²) < 4.78 is 61.2. The summed E-state index contributed by atoms with van der Waals surface area (Å²) in [4.78, 5) is 0.271. The second-order valence-electron chi connectivity index (χ2n) is 3.06. The van der Waals surface area contributed by atoms with Crippen molar-refractivity contribution in [2.75, 3.05) is 0 Å². The average molecular weight is 266 g/mol. The summed E-state index contributed by atoms with van der Waals surface area (Å²) in [5, 5.41) is 3.99. The Morgan fingerprint density at radius 3 is 2.47 bits per heavy atom. The first-order chi connectivity index (χ1) is 7.79. The zero-order chi connectivity index (χ0) is 12.7. The Hall–Kier alpha value is -1.77. The van der Waals surface area contributed by atoms with Crippen LogP contribution < -0.4 is 4.28 Å². The molecule has 0 aliphatic carbocycles. The minimum Gasteiger partial charge on any atom is -0.263 e. The molecule has 1 aromatic heterocycles. The quantitative estimate of drug-likeness (QED) is 0.769. The van der Waals surface area contributed by atoms with Gasteiger partial charge >= 0.3 is 15.6 Å². The number of benzene rings is 1. The summed E-state index contributed by atoms with van der Waals surface area (Å²) in [5.74, 6) is 0. The van der Waals surface area contributed by atoms with Gasteiger partial charge in [0, 0.05) is 5.39 Å². The SMILES string of the molecule is O=S(=O)(On1cc2ccccc2n1)C(F)(F)F. The lowest BCUT2D eigenvalue weighted by molar-refractivity contribution is -0.0556. The highest BCUT2D eigenvalue weighted by Crippen LogP contribution is 2.23. The molecule has 2 rings (SSSR count). The van der Waals surface area contributed by atoms with Crippen LogP contribution in [0.3, 0.4) is 0 Å². The van der Waals surface area contributed by atoms with Crippen LogP contribution >= 0.6 is 0 Å². The maximum absolute atomic E-state index is 12.0. The molecule has 0 aliphatic rings. The topological polar surface area (TPSA) is 61.2 Å². The van der Waals surface area contributed by atoms with E-state index in [-0.39, 0.29) is 4.85 Å². The molecule has 0 radical (unpaired) electrons. The molecule has 0 unspecified atom stereocenters. The minimum atomic E-state index is -5.70. The molecule has 0 saturated carbocycles. The highest BCUT2D eigenvalue weighted by Gasteiger charge is 2.49. The lowest BCUT2D eigenvalue weighted by Crippen LogP contribution is -2.33. The lowest BCUT2D eigenvalue weighted by atomic mass is 10.3. The Morgan fingerprint density at radius 2 is 1.88 bits per heavy atom. The van der Waals surface area contributed by atoms with Crippen LogP contribution in [0.2, 0.25) is 0 Å². The van der Waals surface area contributed by atoms with E-state index in [0.29, 0.717) is 10.9 Å². The molecule has 0 aliphatic heterocycles. The number of halogens is 3. The van der Waals surface area contributed by atoms with Gasteiger partial charge in [-0.05, 0) is 6.07 Å². The number of hydrogen-bond donors (Lipinski definition) is 0. The third-order valence-corrected chi connectivity index (χ3v) is 2.77. The molecule has 0 bridgehead atoms. The van der Waals surface area contributed by atoms with Crippen LogP contribution in [0.1, 0.15) is 0 Å². The Balaban J connectivity index is 2.37.